The Balaban J connectivity index is 0.907. The van der Waals surface area contributed by atoms with Crippen molar-refractivity contribution in [2.24, 2.45) is 28.2 Å². The van der Waals surface area contributed by atoms with Gasteiger partial charge in [0.2, 0.25) is 35.4 Å². The van der Waals surface area contributed by atoms with Crippen molar-refractivity contribution in [1.29, 1.82) is 0 Å². The molecule has 1 saturated heterocycles. The lowest BCUT2D eigenvalue weighted by Gasteiger charge is -2.67. The monoisotopic (exact) mass is 1500 g/mol. The molecule has 33 heteroatoms. The number of aliphatic hydroxyl groups is 3. The molecule has 15 atom stereocenters. The number of carbonyl (C=O) groups is 12. The summed E-state index contributed by atoms with van der Waals surface area (Å²) in [7, 11) is 1.56. The van der Waals surface area contributed by atoms with Crippen LogP contribution in [0.25, 0.3) is 0 Å². The van der Waals surface area contributed by atoms with Gasteiger partial charge in [-0.1, -0.05) is 80.6 Å². The number of ketones is 1. The fourth-order valence-corrected chi connectivity index (χ4v) is 13.9. The molecule has 3 fully saturated rings. The van der Waals surface area contributed by atoms with Crippen LogP contribution in [0, 0.1) is 16.7 Å². The molecule has 0 radical (unpaired) electrons. The molecule has 1 heterocycles. The number of aliphatic hydroxyl groups excluding tert-OH is 2. The SMILES string of the molecule is CNC(C)C(=O)NC(C)C(=O)NC(CC(N)=O)C(=O)NC(CCCCNC(=O)CCOCCOCCOCCOCCNC(=O)O[C@H]1C(=O)[C@@]2(C)[C@H]([C@H](OC(=O)c3ccccc3)[C@]3(O)C[C@H](OC(=O)[C@H](O)[C@@H](NC(=O)c4ccccc4)c4ccccc4)C(C)=C1C3(C)C)[C@]1(OC(C)=O)CO[C@@H]1C[C@@H]2O)C(N)=O. The number of benzene rings is 3. The Labute approximate surface area is 619 Å². The number of esters is 3. The lowest BCUT2D eigenvalue weighted by Crippen LogP contribution is -2.82. The van der Waals surface area contributed by atoms with E-state index in [9.17, 15) is 68.1 Å². The van der Waals surface area contributed by atoms with Gasteiger partial charge in [-0.2, -0.15) is 0 Å². The molecular weight excluding hydrogens is 1400 g/mol. The Morgan fingerprint density at radius 1 is 0.673 bits per heavy atom. The molecule has 8 amide bonds. The van der Waals surface area contributed by atoms with Crippen molar-refractivity contribution < 1.29 is 115 Å². The third-order valence-electron chi connectivity index (χ3n) is 20.0. The normalized spacial score (nSPS) is 24.3. The Bertz CT molecular complexity index is 3650. The molecule has 0 aromatic heterocycles. The molecule has 3 aliphatic carbocycles. The van der Waals surface area contributed by atoms with E-state index >= 15 is 4.79 Å². The predicted octanol–water partition coefficient (Wildman–Crippen LogP) is 0.0847. The van der Waals surface area contributed by atoms with Crippen LogP contribution in [0.3, 0.4) is 0 Å². The van der Waals surface area contributed by atoms with E-state index in [1.807, 2.05) is 0 Å². The van der Waals surface area contributed by atoms with E-state index < -0.39 is 179 Å². The minimum Gasteiger partial charge on any atom is -0.456 e. The van der Waals surface area contributed by atoms with Crippen LogP contribution in [0.5, 0.6) is 0 Å². The summed E-state index contributed by atoms with van der Waals surface area (Å²) in [6, 6.07) is 18.2. The maximum Gasteiger partial charge on any atom is 0.408 e. The van der Waals surface area contributed by atoms with E-state index in [1.165, 1.54) is 46.8 Å². The molecule has 107 heavy (non-hydrogen) atoms. The third-order valence-corrected chi connectivity index (χ3v) is 20.0. The maximum absolute atomic E-state index is 16.1. The number of primary amides is 2. The van der Waals surface area contributed by atoms with Crippen LogP contribution in [0.1, 0.15) is 126 Å². The minimum absolute atomic E-state index is 0.0141. The average molecular weight is 1500 g/mol. The van der Waals surface area contributed by atoms with Gasteiger partial charge in [0.1, 0.15) is 42.0 Å². The lowest BCUT2D eigenvalue weighted by molar-refractivity contribution is -0.345. The molecule has 7 rings (SSSR count). The highest BCUT2D eigenvalue weighted by Gasteiger charge is 2.78. The quantitative estimate of drug-likeness (QED) is 0.0155. The Kier molecular flexibility index (Phi) is 30.9. The highest BCUT2D eigenvalue weighted by Crippen LogP contribution is 2.64. The summed E-state index contributed by atoms with van der Waals surface area (Å²) in [5.74, 6) is -10.7. The van der Waals surface area contributed by atoms with Crippen molar-refractivity contribution in [1.82, 2.24) is 37.2 Å². The number of unbranched alkanes of at least 4 members (excludes halogenated alkanes) is 1. The van der Waals surface area contributed by atoms with Gasteiger partial charge in [-0.3, -0.25) is 43.2 Å². The fraction of sp³-hybridized carbons (Fsp3) is 0.568. The molecule has 4 aliphatic rings. The Morgan fingerprint density at radius 2 is 1.24 bits per heavy atom. The lowest BCUT2D eigenvalue weighted by atomic mass is 9.44. The van der Waals surface area contributed by atoms with Gasteiger partial charge in [0.15, 0.2) is 23.6 Å². The van der Waals surface area contributed by atoms with Crippen LogP contribution in [-0.4, -0.2) is 238 Å². The molecule has 0 spiro atoms. The number of carbonyl (C=O) groups excluding carboxylic acids is 12. The number of likely N-dealkylation sites (N-methyl/N-ethyl adjacent to an activating group) is 1. The summed E-state index contributed by atoms with van der Waals surface area (Å²) >= 11 is 0. The van der Waals surface area contributed by atoms with Crippen molar-refractivity contribution in [3.05, 3.63) is 119 Å². The first-order valence-electron chi connectivity index (χ1n) is 35.5. The minimum atomic E-state index is -2.52. The number of hydrogen-bond acceptors (Lipinski definition) is 25. The van der Waals surface area contributed by atoms with E-state index in [-0.39, 0.29) is 113 Å². The van der Waals surface area contributed by atoms with Crippen molar-refractivity contribution in [3.63, 3.8) is 0 Å². The largest absolute Gasteiger partial charge is 0.456 e. The molecule has 4 unspecified atom stereocenters. The second-order valence-corrected chi connectivity index (χ2v) is 27.6. The van der Waals surface area contributed by atoms with Gasteiger partial charge in [-0.25, -0.2) is 14.4 Å². The van der Waals surface area contributed by atoms with Crippen LogP contribution < -0.4 is 48.7 Å². The van der Waals surface area contributed by atoms with Gasteiger partial charge < -0.3 is 107 Å². The van der Waals surface area contributed by atoms with E-state index in [4.69, 9.17) is 54.1 Å². The second-order valence-electron chi connectivity index (χ2n) is 27.6. The van der Waals surface area contributed by atoms with Crippen LogP contribution in [0.2, 0.25) is 0 Å². The number of hydrogen-bond donors (Lipinski definition) is 12. The summed E-state index contributed by atoms with van der Waals surface area (Å²) in [5, 5.41) is 56.6. The summed E-state index contributed by atoms with van der Waals surface area (Å²) < 4.78 is 53.4. The van der Waals surface area contributed by atoms with Crippen molar-refractivity contribution in [3.8, 4) is 0 Å². The van der Waals surface area contributed by atoms with E-state index in [0.29, 0.717) is 18.4 Å². The van der Waals surface area contributed by atoms with Gasteiger partial charge in [0.05, 0.1) is 101 Å². The van der Waals surface area contributed by atoms with Crippen LogP contribution in [0.4, 0.5) is 4.79 Å². The van der Waals surface area contributed by atoms with Crippen molar-refractivity contribution in [2.75, 3.05) is 79.6 Å². The average Bonchev–Trinajstić information content (AvgIpc) is 0.669. The molecule has 3 aromatic rings. The van der Waals surface area contributed by atoms with E-state index in [0.717, 1.165) is 6.92 Å². The molecule has 33 nitrogen and oxygen atoms in total. The first-order valence-corrected chi connectivity index (χ1v) is 35.5. The zero-order chi connectivity index (χ0) is 78.4. The van der Waals surface area contributed by atoms with Gasteiger partial charge in [0, 0.05) is 50.3 Å². The maximum atomic E-state index is 16.1. The molecule has 3 aromatic carbocycles. The number of nitrogens with two attached hydrogens (primary N) is 2. The van der Waals surface area contributed by atoms with E-state index in [2.05, 4.69) is 37.2 Å². The van der Waals surface area contributed by atoms with Crippen molar-refractivity contribution >= 4 is 71.1 Å². The Morgan fingerprint density at radius 3 is 1.81 bits per heavy atom. The van der Waals surface area contributed by atoms with Crippen LogP contribution >= 0.6 is 0 Å². The zero-order valence-electron chi connectivity index (χ0n) is 61.4. The third kappa shape index (κ3) is 21.3. The van der Waals surface area contributed by atoms with Crippen LogP contribution in [0.15, 0.2) is 102 Å². The number of nitrogens with one attached hydrogen (secondary N) is 7. The van der Waals surface area contributed by atoms with Crippen molar-refractivity contribution in [2.45, 2.75) is 171 Å². The molecule has 2 saturated carbocycles. The van der Waals surface area contributed by atoms with Gasteiger partial charge in [0.25, 0.3) is 5.91 Å². The second kappa shape index (κ2) is 39.0. The first-order chi connectivity index (χ1) is 50.8. The number of ether oxygens (including phenoxy) is 9. The van der Waals surface area contributed by atoms with E-state index in [1.54, 1.807) is 92.8 Å². The highest BCUT2D eigenvalue weighted by molar-refractivity contribution is 5.98. The number of rotatable bonds is 40. The smallest absolute Gasteiger partial charge is 0.408 e. The summed E-state index contributed by atoms with van der Waals surface area (Å²) in [6.45, 7) is 10.5. The molecule has 586 valence electrons. The van der Waals surface area contributed by atoms with Gasteiger partial charge >= 0.3 is 24.0 Å². The number of Topliss-reactive ketones (excluding diaryl/α,β-unsaturated/α-hetero) is 1. The fourth-order valence-electron chi connectivity index (χ4n) is 13.9. The Hall–Kier alpha value is -9.32. The highest BCUT2D eigenvalue weighted by atomic mass is 16.6. The predicted molar refractivity (Wildman–Crippen MR) is 378 cm³/mol. The number of alkyl carbamates (subject to hydrolysis) is 1. The van der Waals surface area contributed by atoms with Crippen LogP contribution in [-0.2, 0) is 85.8 Å². The summed E-state index contributed by atoms with van der Waals surface area (Å²) in [5.41, 5.74) is 2.90. The molecule has 1 aliphatic heterocycles. The molecule has 14 N–H and O–H groups in total. The summed E-state index contributed by atoms with van der Waals surface area (Å²) in [4.78, 5) is 161. The standard InChI is InChI=1S/C74H101N9O24/c1-42-51(104-69(96)58(88)57(46-20-12-9-13-21-46)83-66(93)47-22-14-10-15-23-47)40-74(98)62(106-68(95)48-24-16-11-17-25-48)60-72(7,52(85)39-53-73(60,41-103-53)107-45(4)84)61(89)59(56(42)71(74,5)6)105-70(97)79-29-31-100-33-35-102-37-36-101-34-32-99-30-27-55(87)78-28-19-18-26-49(63(76)90)81-67(94)50(38-54(75)86)82-65(92)44(3)80-64(91)43(2)77-8/h9-17,20-25,43-44,49-53,57-60,62,77,85,88,98H,18-19,26-41H2,1-8H3,(H2,75,86)(H2,76,90)(H,78,87)(H,79,97)(H,80,91)(H,81,94)(H,82,92)(H,83,93)/t43?,44?,49?,50?,51-,52-,53+,57-,58+,59+,60-,62-,72+,73-,74+/m0/s1. The van der Waals surface area contributed by atoms with Gasteiger partial charge in [-0.05, 0) is 95.0 Å². The summed E-state index contributed by atoms with van der Waals surface area (Å²) in [6.07, 6.45) is -12.3. The molecular formula is C74H101N9O24. The number of amides is 8. The topological polar surface area (TPSA) is 485 Å². The first kappa shape index (κ1) is 84.9. The molecule has 2 bridgehead atoms. The van der Waals surface area contributed by atoms with Gasteiger partial charge in [-0.15, -0.1) is 0 Å². The zero-order valence-corrected chi connectivity index (χ0v) is 61.4. The number of fused-ring (bicyclic) bond motifs is 5.